The Morgan fingerprint density at radius 3 is 2.77 bits per heavy atom. The number of rotatable bonds is 7. The van der Waals surface area contributed by atoms with Gasteiger partial charge >= 0.3 is 0 Å². The van der Waals surface area contributed by atoms with Crippen LogP contribution in [0.1, 0.15) is 23.6 Å². The molecule has 1 atom stereocenters. The lowest BCUT2D eigenvalue weighted by atomic mass is 9.98. The maximum atomic E-state index is 13.9. The van der Waals surface area contributed by atoms with Crippen LogP contribution in [0, 0.1) is 5.82 Å². The van der Waals surface area contributed by atoms with E-state index in [-0.39, 0.29) is 11.9 Å². The number of aromatic nitrogens is 1. The zero-order valence-corrected chi connectivity index (χ0v) is 17.8. The van der Waals surface area contributed by atoms with Crippen LogP contribution in [-0.4, -0.2) is 63.2 Å². The van der Waals surface area contributed by atoms with Crippen LogP contribution in [0.4, 0.5) is 15.9 Å². The lowest BCUT2D eigenvalue weighted by molar-refractivity contribution is 0.399. The molecule has 0 radical (unpaired) electrons. The molecule has 1 unspecified atom stereocenters. The summed E-state index contributed by atoms with van der Waals surface area (Å²) >= 11 is 0. The number of nitrogens with zero attached hydrogens (tertiary/aromatic N) is 3. The van der Waals surface area contributed by atoms with Gasteiger partial charge in [-0.05, 0) is 63.0 Å². The Kier molecular flexibility index (Phi) is 6.50. The first-order valence-electron chi connectivity index (χ1n) is 10.7. The molecule has 0 aliphatic carbocycles. The van der Waals surface area contributed by atoms with E-state index in [9.17, 15) is 4.39 Å². The number of halogens is 1. The van der Waals surface area contributed by atoms with E-state index in [2.05, 4.69) is 58.1 Å². The number of hydrogen-bond donors (Lipinski definition) is 3. The summed E-state index contributed by atoms with van der Waals surface area (Å²) in [6, 6.07) is 9.07. The van der Waals surface area contributed by atoms with Gasteiger partial charge in [0.2, 0.25) is 0 Å². The van der Waals surface area contributed by atoms with E-state index in [4.69, 9.17) is 4.98 Å². The largest absolute Gasteiger partial charge is 0.385 e. The fourth-order valence-electron chi connectivity index (χ4n) is 3.95. The molecule has 0 saturated carbocycles. The van der Waals surface area contributed by atoms with Gasteiger partial charge in [0.25, 0.3) is 0 Å². The highest BCUT2D eigenvalue weighted by atomic mass is 19.1. The number of benzene rings is 1. The first-order valence-corrected chi connectivity index (χ1v) is 10.7. The molecule has 1 fully saturated rings. The van der Waals surface area contributed by atoms with E-state index in [0.717, 1.165) is 74.0 Å². The van der Waals surface area contributed by atoms with Gasteiger partial charge in [-0.15, -0.1) is 0 Å². The van der Waals surface area contributed by atoms with Crippen molar-refractivity contribution in [2.75, 3.05) is 63.6 Å². The van der Waals surface area contributed by atoms with Crippen LogP contribution >= 0.6 is 0 Å². The van der Waals surface area contributed by atoms with Crippen LogP contribution in [-0.2, 0) is 0 Å². The van der Waals surface area contributed by atoms with Crippen molar-refractivity contribution in [2.45, 2.75) is 12.5 Å². The molecule has 0 bridgehead atoms. The molecule has 1 aromatic heterocycles. The average Bonchev–Trinajstić information content (AvgIpc) is 2.76. The van der Waals surface area contributed by atoms with Gasteiger partial charge in [0, 0.05) is 55.9 Å². The number of anilines is 2. The van der Waals surface area contributed by atoms with Crippen molar-refractivity contribution in [1.82, 2.24) is 20.5 Å². The Morgan fingerprint density at radius 1 is 1.20 bits per heavy atom. The molecule has 1 saturated heterocycles. The van der Waals surface area contributed by atoms with Crippen molar-refractivity contribution >= 4 is 17.2 Å². The lowest BCUT2D eigenvalue weighted by Crippen LogP contribution is -2.43. The highest BCUT2D eigenvalue weighted by Gasteiger charge is 2.21. The van der Waals surface area contributed by atoms with E-state index in [0.29, 0.717) is 0 Å². The molecule has 4 rings (SSSR count). The number of pyridine rings is 1. The number of fused-ring (bicyclic) bond motifs is 1. The summed E-state index contributed by atoms with van der Waals surface area (Å²) in [5, 5.41) is 10.4. The molecule has 2 aliphatic rings. The van der Waals surface area contributed by atoms with Crippen molar-refractivity contribution in [3.63, 3.8) is 0 Å². The summed E-state index contributed by atoms with van der Waals surface area (Å²) in [4.78, 5) is 9.18. The second-order valence-corrected chi connectivity index (χ2v) is 8.16. The molecule has 0 spiro atoms. The molecule has 3 N–H and O–H groups in total. The van der Waals surface area contributed by atoms with Gasteiger partial charge in [-0.25, -0.2) is 9.37 Å². The quantitative estimate of drug-likeness (QED) is 0.611. The third kappa shape index (κ3) is 4.91. The molecule has 30 heavy (non-hydrogen) atoms. The van der Waals surface area contributed by atoms with Gasteiger partial charge in [0.15, 0.2) is 0 Å². The summed E-state index contributed by atoms with van der Waals surface area (Å²) in [5.74, 6) is 0.773. The van der Waals surface area contributed by atoms with Crippen molar-refractivity contribution in [1.29, 1.82) is 0 Å². The predicted octanol–water partition coefficient (Wildman–Crippen LogP) is 2.68. The maximum Gasteiger partial charge on any atom is 0.128 e. The first-order chi connectivity index (χ1) is 14.6. The van der Waals surface area contributed by atoms with Crippen molar-refractivity contribution < 1.29 is 4.39 Å². The second kappa shape index (κ2) is 9.45. The Labute approximate surface area is 178 Å². The topological polar surface area (TPSA) is 55.5 Å². The summed E-state index contributed by atoms with van der Waals surface area (Å²) in [6.45, 7) is 5.82. The minimum atomic E-state index is -0.235. The van der Waals surface area contributed by atoms with Crippen LogP contribution in [0.3, 0.4) is 0 Å². The van der Waals surface area contributed by atoms with Gasteiger partial charge < -0.3 is 25.8 Å². The minimum Gasteiger partial charge on any atom is -0.385 e. The Hall–Kier alpha value is -2.64. The van der Waals surface area contributed by atoms with Crippen LogP contribution < -0.4 is 20.9 Å². The molecular formula is C23H31FN6. The summed E-state index contributed by atoms with van der Waals surface area (Å²) in [5.41, 5.74) is 3.92. The number of piperazine rings is 1. The highest BCUT2D eigenvalue weighted by molar-refractivity contribution is 5.79. The molecule has 2 aliphatic heterocycles. The molecule has 7 heteroatoms. The van der Waals surface area contributed by atoms with Gasteiger partial charge in [-0.2, -0.15) is 0 Å². The van der Waals surface area contributed by atoms with Gasteiger partial charge in [-0.3, -0.25) is 0 Å². The third-order valence-corrected chi connectivity index (χ3v) is 5.58. The monoisotopic (exact) mass is 410 g/mol. The first kappa shape index (κ1) is 20.6. The minimum absolute atomic E-state index is 0.0554. The molecule has 6 nitrogen and oxygen atoms in total. The number of hydrogen-bond acceptors (Lipinski definition) is 6. The second-order valence-electron chi connectivity index (χ2n) is 8.16. The Balaban J connectivity index is 1.52. The van der Waals surface area contributed by atoms with Gasteiger partial charge in [-0.1, -0.05) is 6.07 Å². The summed E-state index contributed by atoms with van der Waals surface area (Å²) in [7, 11) is 4.16. The lowest BCUT2D eigenvalue weighted by Gasteiger charge is -2.30. The predicted molar refractivity (Wildman–Crippen MR) is 121 cm³/mol. The van der Waals surface area contributed by atoms with E-state index in [1.165, 1.54) is 6.07 Å². The number of nitrogens with one attached hydrogen (secondary N) is 3. The Bertz CT molecular complexity index is 874. The maximum absolute atomic E-state index is 13.9. The van der Waals surface area contributed by atoms with E-state index in [1.807, 2.05) is 12.3 Å². The standard InChI is InChI=1S/C23H31FN6/c1-29(2)11-3-8-26-21-15-20(28-22-14-18(24)5-6-19(21)22)17-4-7-23(27-16-17)30-12-9-25-10-13-30/h4-7,14-16,20,25-26,28H,3,8-13H2,1-2H3. The zero-order chi connectivity index (χ0) is 20.9. The van der Waals surface area contributed by atoms with Gasteiger partial charge in [0.1, 0.15) is 11.6 Å². The molecule has 160 valence electrons. The molecule has 2 aromatic rings. The van der Waals surface area contributed by atoms with Crippen LogP contribution in [0.5, 0.6) is 0 Å². The van der Waals surface area contributed by atoms with Crippen LogP contribution in [0.15, 0.2) is 42.6 Å². The molecule has 0 amide bonds. The van der Waals surface area contributed by atoms with Crippen molar-refractivity contribution in [2.24, 2.45) is 0 Å². The van der Waals surface area contributed by atoms with Crippen LogP contribution in [0.2, 0.25) is 0 Å². The normalized spacial score (nSPS) is 18.6. The zero-order valence-electron chi connectivity index (χ0n) is 17.8. The van der Waals surface area contributed by atoms with Gasteiger partial charge in [0.05, 0.1) is 6.04 Å². The molecule has 3 heterocycles. The fraction of sp³-hybridized carbons (Fsp3) is 0.435. The van der Waals surface area contributed by atoms with E-state index < -0.39 is 0 Å². The van der Waals surface area contributed by atoms with Crippen LogP contribution in [0.25, 0.3) is 5.70 Å². The smallest absolute Gasteiger partial charge is 0.128 e. The van der Waals surface area contributed by atoms with E-state index in [1.54, 1.807) is 6.07 Å². The molecular weight excluding hydrogens is 379 g/mol. The van der Waals surface area contributed by atoms with Crippen molar-refractivity contribution in [3.05, 3.63) is 59.5 Å². The SMILES string of the molecule is CN(C)CCCNC1=CC(c2ccc(N3CCNCC3)nc2)Nc2cc(F)ccc21. The summed E-state index contributed by atoms with van der Waals surface area (Å²) in [6.07, 6.45) is 5.15. The summed E-state index contributed by atoms with van der Waals surface area (Å²) < 4.78 is 13.9. The highest BCUT2D eigenvalue weighted by Crippen LogP contribution is 2.34. The third-order valence-electron chi connectivity index (χ3n) is 5.58. The average molecular weight is 411 g/mol. The van der Waals surface area contributed by atoms with Crippen molar-refractivity contribution in [3.8, 4) is 0 Å². The molecule has 1 aromatic carbocycles. The fourth-order valence-corrected chi connectivity index (χ4v) is 3.95. The van der Waals surface area contributed by atoms with E-state index >= 15 is 0 Å². The Morgan fingerprint density at radius 2 is 2.03 bits per heavy atom.